The lowest BCUT2D eigenvalue weighted by atomic mass is 9.97. The van der Waals surface area contributed by atoms with Gasteiger partial charge in [0.05, 0.1) is 0 Å². The Morgan fingerprint density at radius 3 is 2.43 bits per heavy atom. The van der Waals surface area contributed by atoms with E-state index in [2.05, 4.69) is 44.7 Å². The first-order valence-corrected chi connectivity index (χ1v) is 5.41. The van der Waals surface area contributed by atoms with Crippen LogP contribution in [-0.4, -0.2) is 0 Å². The summed E-state index contributed by atoms with van der Waals surface area (Å²) in [6.07, 6.45) is 5.44. The van der Waals surface area contributed by atoms with E-state index < -0.39 is 0 Å². The molecule has 0 nitrogen and oxygen atoms in total. The van der Waals surface area contributed by atoms with E-state index in [0.29, 0.717) is 0 Å². The molecule has 0 aromatic heterocycles. The zero-order valence-electron chi connectivity index (χ0n) is 9.29. The van der Waals surface area contributed by atoms with Gasteiger partial charge in [-0.1, -0.05) is 44.2 Å². The van der Waals surface area contributed by atoms with Crippen LogP contribution in [0.5, 0.6) is 0 Å². The predicted octanol–water partition coefficient (Wildman–Crippen LogP) is 4.00. The van der Waals surface area contributed by atoms with Crippen molar-refractivity contribution in [3.63, 3.8) is 0 Å². The summed E-state index contributed by atoms with van der Waals surface area (Å²) in [7, 11) is 0. The Hall–Kier alpha value is -1.04. The largest absolute Gasteiger partial charge is 0.103 e. The van der Waals surface area contributed by atoms with Gasteiger partial charge >= 0.3 is 0 Å². The van der Waals surface area contributed by atoms with Crippen LogP contribution in [0.1, 0.15) is 31.4 Å². The van der Waals surface area contributed by atoms with Crippen molar-refractivity contribution in [3.05, 3.63) is 48.0 Å². The van der Waals surface area contributed by atoms with Crippen LogP contribution in [0.25, 0.3) is 0 Å². The third kappa shape index (κ3) is 3.37. The van der Waals surface area contributed by atoms with Crippen molar-refractivity contribution in [3.8, 4) is 0 Å². The summed E-state index contributed by atoms with van der Waals surface area (Å²) in [6, 6.07) is 8.68. The van der Waals surface area contributed by atoms with Gasteiger partial charge in [0.2, 0.25) is 0 Å². The van der Waals surface area contributed by atoms with Gasteiger partial charge in [0.25, 0.3) is 0 Å². The summed E-state index contributed by atoms with van der Waals surface area (Å²) in [4.78, 5) is 0. The molecular weight excluding hydrogens is 168 g/mol. The first kappa shape index (κ1) is 11.0. The zero-order chi connectivity index (χ0) is 10.4. The number of rotatable bonds is 5. The van der Waals surface area contributed by atoms with Gasteiger partial charge in [0.15, 0.2) is 0 Å². The molecule has 0 N–H and O–H groups in total. The second-order valence-corrected chi connectivity index (χ2v) is 4.19. The molecule has 0 bridgehead atoms. The Morgan fingerprint density at radius 1 is 1.21 bits per heavy atom. The van der Waals surface area contributed by atoms with Gasteiger partial charge in [0.1, 0.15) is 0 Å². The normalized spacial score (nSPS) is 10.5. The van der Waals surface area contributed by atoms with E-state index in [4.69, 9.17) is 0 Å². The lowest BCUT2D eigenvalue weighted by molar-refractivity contribution is 0.585. The van der Waals surface area contributed by atoms with Gasteiger partial charge in [-0.15, -0.1) is 6.58 Å². The van der Waals surface area contributed by atoms with Crippen LogP contribution in [0.2, 0.25) is 0 Å². The van der Waals surface area contributed by atoms with Crippen molar-refractivity contribution in [2.75, 3.05) is 0 Å². The summed E-state index contributed by atoms with van der Waals surface area (Å²) < 4.78 is 0. The molecule has 1 aromatic rings. The maximum atomic E-state index is 3.79. The van der Waals surface area contributed by atoms with E-state index in [9.17, 15) is 0 Å². The second kappa shape index (κ2) is 5.64. The van der Waals surface area contributed by atoms with Gasteiger partial charge < -0.3 is 0 Å². The maximum Gasteiger partial charge on any atom is -0.00974 e. The summed E-state index contributed by atoms with van der Waals surface area (Å²) in [5.74, 6) is 0.784. The molecule has 1 aromatic carbocycles. The lowest BCUT2D eigenvalue weighted by Crippen LogP contribution is -1.96. The lowest BCUT2D eigenvalue weighted by Gasteiger charge is -2.09. The zero-order valence-corrected chi connectivity index (χ0v) is 9.29. The van der Waals surface area contributed by atoms with Gasteiger partial charge in [-0.05, 0) is 36.3 Å². The van der Waals surface area contributed by atoms with E-state index in [1.807, 2.05) is 6.08 Å². The Bertz CT molecular complexity index is 284. The fourth-order valence-corrected chi connectivity index (χ4v) is 1.60. The Labute approximate surface area is 87.7 Å². The molecule has 0 saturated heterocycles. The van der Waals surface area contributed by atoms with E-state index in [-0.39, 0.29) is 0 Å². The monoisotopic (exact) mass is 188 g/mol. The molecule has 76 valence electrons. The topological polar surface area (TPSA) is 0 Å². The number of hydrogen-bond donors (Lipinski definition) is 0. The van der Waals surface area contributed by atoms with Crippen molar-refractivity contribution in [2.24, 2.45) is 5.92 Å². The summed E-state index contributed by atoms with van der Waals surface area (Å²) in [6.45, 7) is 8.34. The van der Waals surface area contributed by atoms with Crippen molar-refractivity contribution >= 4 is 0 Å². The average molecular weight is 188 g/mol. The molecule has 0 unspecified atom stereocenters. The minimum atomic E-state index is 0.784. The smallest absolute Gasteiger partial charge is 0.00974 e. The maximum absolute atomic E-state index is 3.79. The number of hydrogen-bond acceptors (Lipinski definition) is 0. The standard InChI is InChI=1S/C14H20/c1-4-7-13-8-5-6-9-14(13)11-10-12(2)3/h4-6,8-9,12H,1,7,10-11H2,2-3H3. The van der Waals surface area contributed by atoms with E-state index in [0.717, 1.165) is 12.3 Å². The minimum absolute atomic E-state index is 0.784. The number of allylic oxidation sites excluding steroid dienone is 1. The highest BCUT2D eigenvalue weighted by Gasteiger charge is 2.01. The number of benzene rings is 1. The fraction of sp³-hybridized carbons (Fsp3) is 0.429. The van der Waals surface area contributed by atoms with E-state index in [1.54, 1.807) is 0 Å². The fourth-order valence-electron chi connectivity index (χ4n) is 1.60. The second-order valence-electron chi connectivity index (χ2n) is 4.19. The summed E-state index contributed by atoms with van der Waals surface area (Å²) >= 11 is 0. The molecule has 1 rings (SSSR count). The molecule has 0 heteroatoms. The van der Waals surface area contributed by atoms with Crippen molar-refractivity contribution in [1.29, 1.82) is 0 Å². The van der Waals surface area contributed by atoms with E-state index in [1.165, 1.54) is 24.0 Å². The molecule has 14 heavy (non-hydrogen) atoms. The molecule has 0 aliphatic rings. The van der Waals surface area contributed by atoms with Crippen molar-refractivity contribution in [1.82, 2.24) is 0 Å². The quantitative estimate of drug-likeness (QED) is 0.613. The predicted molar refractivity (Wildman–Crippen MR) is 63.5 cm³/mol. The van der Waals surface area contributed by atoms with Crippen LogP contribution in [0, 0.1) is 5.92 Å². The molecule has 0 heterocycles. The minimum Gasteiger partial charge on any atom is -0.103 e. The first-order valence-electron chi connectivity index (χ1n) is 5.41. The average Bonchev–Trinajstić information content (AvgIpc) is 2.17. The highest BCUT2D eigenvalue weighted by atomic mass is 14.1. The molecule has 0 saturated carbocycles. The first-order chi connectivity index (χ1) is 6.74. The molecule has 0 atom stereocenters. The molecule has 0 radical (unpaired) electrons. The van der Waals surface area contributed by atoms with Crippen molar-refractivity contribution in [2.45, 2.75) is 33.1 Å². The van der Waals surface area contributed by atoms with Crippen LogP contribution in [0.3, 0.4) is 0 Å². The third-order valence-corrected chi connectivity index (χ3v) is 2.47. The van der Waals surface area contributed by atoms with Crippen LogP contribution >= 0.6 is 0 Å². The van der Waals surface area contributed by atoms with E-state index >= 15 is 0 Å². The van der Waals surface area contributed by atoms with Crippen LogP contribution in [0.4, 0.5) is 0 Å². The molecule has 0 aliphatic carbocycles. The highest BCUT2D eigenvalue weighted by molar-refractivity contribution is 5.28. The van der Waals surface area contributed by atoms with Crippen LogP contribution in [0.15, 0.2) is 36.9 Å². The Morgan fingerprint density at radius 2 is 1.86 bits per heavy atom. The molecule has 0 aliphatic heterocycles. The van der Waals surface area contributed by atoms with Crippen molar-refractivity contribution < 1.29 is 0 Å². The Balaban J connectivity index is 2.68. The molecule has 0 fully saturated rings. The van der Waals surface area contributed by atoms with Crippen LogP contribution in [-0.2, 0) is 12.8 Å². The molecule has 0 amide bonds. The molecular formula is C14H20. The summed E-state index contributed by atoms with van der Waals surface area (Å²) in [5, 5.41) is 0. The summed E-state index contributed by atoms with van der Waals surface area (Å²) in [5.41, 5.74) is 2.92. The van der Waals surface area contributed by atoms with Gasteiger partial charge in [-0.25, -0.2) is 0 Å². The van der Waals surface area contributed by atoms with Gasteiger partial charge in [-0.3, -0.25) is 0 Å². The third-order valence-electron chi connectivity index (χ3n) is 2.47. The van der Waals surface area contributed by atoms with Crippen LogP contribution < -0.4 is 0 Å². The van der Waals surface area contributed by atoms with Gasteiger partial charge in [-0.2, -0.15) is 0 Å². The Kier molecular flexibility index (Phi) is 4.45. The molecule has 0 spiro atoms. The van der Waals surface area contributed by atoms with Gasteiger partial charge in [0, 0.05) is 0 Å². The SMILES string of the molecule is C=CCc1ccccc1CCC(C)C. The number of aryl methyl sites for hydroxylation is 1. The highest BCUT2D eigenvalue weighted by Crippen LogP contribution is 2.14.